The summed E-state index contributed by atoms with van der Waals surface area (Å²) < 4.78 is 25.4. The molecule has 0 fully saturated rings. The lowest BCUT2D eigenvalue weighted by Gasteiger charge is -2.23. The lowest BCUT2D eigenvalue weighted by molar-refractivity contribution is 0.102. The molecule has 1 aromatic heterocycles. The summed E-state index contributed by atoms with van der Waals surface area (Å²) in [7, 11) is -3.20. The van der Waals surface area contributed by atoms with Crippen molar-refractivity contribution in [3.63, 3.8) is 0 Å². The van der Waals surface area contributed by atoms with Crippen LogP contribution in [0.25, 0.3) is 0 Å². The molecule has 8 heteroatoms. The maximum atomic E-state index is 12.5. The minimum absolute atomic E-state index is 0.0881. The first kappa shape index (κ1) is 17.0. The van der Waals surface area contributed by atoms with Crippen molar-refractivity contribution < 1.29 is 13.2 Å². The molecule has 128 valence electrons. The number of rotatable bonds is 2. The fourth-order valence-electron chi connectivity index (χ4n) is 2.64. The predicted octanol–water partition coefficient (Wildman–Crippen LogP) is 2.97. The number of carbonyl (C=O) groups excluding carboxylic acids is 1. The van der Waals surface area contributed by atoms with Crippen LogP contribution in [0.3, 0.4) is 0 Å². The van der Waals surface area contributed by atoms with Crippen molar-refractivity contribution in [2.45, 2.75) is 37.8 Å². The number of amides is 1. The van der Waals surface area contributed by atoms with Gasteiger partial charge in [0.1, 0.15) is 5.82 Å². The van der Waals surface area contributed by atoms with E-state index in [1.165, 1.54) is 0 Å². The first-order valence-corrected chi connectivity index (χ1v) is 9.65. The van der Waals surface area contributed by atoms with Crippen molar-refractivity contribution in [3.05, 3.63) is 46.1 Å². The van der Waals surface area contributed by atoms with Gasteiger partial charge >= 0.3 is 0 Å². The molecule has 1 aliphatic heterocycles. The number of carbonyl (C=O) groups is 1. The van der Waals surface area contributed by atoms with Gasteiger partial charge in [0.15, 0.2) is 9.84 Å². The summed E-state index contributed by atoms with van der Waals surface area (Å²) in [5, 5.41) is 7.79. The van der Waals surface area contributed by atoms with E-state index >= 15 is 0 Å². The fourth-order valence-corrected chi connectivity index (χ4v) is 4.26. The van der Waals surface area contributed by atoms with Crippen LogP contribution in [-0.4, -0.2) is 24.1 Å². The normalized spacial score (nSPS) is 16.0. The fraction of sp³-hybridized carbons (Fsp3) is 0.375. The van der Waals surface area contributed by atoms with Gasteiger partial charge in [-0.1, -0.05) is 11.6 Å². The monoisotopic (exact) mass is 367 g/mol. The quantitative estimate of drug-likeness (QED) is 0.884. The standard InChI is InChI=1S/C16H18ClN3O3S/c1-16(2,3)20-14(12-8-24(22,23)9-13(12)19-20)18-15(21)10-4-6-11(17)7-5-10/h4-7H,8-9H2,1-3H3,(H,18,21). The van der Waals surface area contributed by atoms with Gasteiger partial charge in [0.25, 0.3) is 5.91 Å². The minimum atomic E-state index is -3.20. The Balaban J connectivity index is 2.01. The van der Waals surface area contributed by atoms with Crippen LogP contribution in [-0.2, 0) is 26.9 Å². The molecule has 1 aliphatic rings. The highest BCUT2D eigenvalue weighted by atomic mass is 35.5. The lowest BCUT2D eigenvalue weighted by atomic mass is 10.1. The summed E-state index contributed by atoms with van der Waals surface area (Å²) in [5.41, 5.74) is 1.13. The number of aromatic nitrogens is 2. The molecule has 1 aromatic carbocycles. The highest BCUT2D eigenvalue weighted by molar-refractivity contribution is 7.90. The number of hydrogen-bond donors (Lipinski definition) is 1. The molecule has 3 rings (SSSR count). The van der Waals surface area contributed by atoms with Crippen LogP contribution in [0.15, 0.2) is 24.3 Å². The Morgan fingerprint density at radius 2 is 1.83 bits per heavy atom. The number of anilines is 1. The second-order valence-electron chi connectivity index (χ2n) is 6.85. The van der Waals surface area contributed by atoms with Crippen LogP contribution in [0.4, 0.5) is 5.82 Å². The number of nitrogens with zero attached hydrogens (tertiary/aromatic N) is 2. The number of nitrogens with one attached hydrogen (secondary N) is 1. The van der Waals surface area contributed by atoms with E-state index in [1.807, 2.05) is 20.8 Å². The molecule has 2 heterocycles. The van der Waals surface area contributed by atoms with E-state index < -0.39 is 15.4 Å². The van der Waals surface area contributed by atoms with E-state index in [9.17, 15) is 13.2 Å². The Morgan fingerprint density at radius 1 is 1.21 bits per heavy atom. The second-order valence-corrected chi connectivity index (χ2v) is 9.35. The average Bonchev–Trinajstić information content (AvgIpc) is 2.92. The van der Waals surface area contributed by atoms with Gasteiger partial charge in [-0.05, 0) is 45.0 Å². The third-order valence-corrected chi connectivity index (χ3v) is 5.46. The van der Waals surface area contributed by atoms with Crippen molar-refractivity contribution in [2.75, 3.05) is 5.32 Å². The van der Waals surface area contributed by atoms with Gasteiger partial charge in [-0.25, -0.2) is 13.1 Å². The predicted molar refractivity (Wildman–Crippen MR) is 93.0 cm³/mol. The van der Waals surface area contributed by atoms with Crippen LogP contribution in [0.2, 0.25) is 5.02 Å². The molecule has 0 atom stereocenters. The van der Waals surface area contributed by atoms with Crippen LogP contribution >= 0.6 is 11.6 Å². The maximum Gasteiger partial charge on any atom is 0.256 e. The Bertz CT molecular complexity index is 909. The number of halogens is 1. The van der Waals surface area contributed by atoms with Crippen molar-refractivity contribution in [3.8, 4) is 0 Å². The Labute approximate surface area is 145 Å². The number of sulfone groups is 1. The molecule has 0 aliphatic carbocycles. The SMILES string of the molecule is CC(C)(C)n1nc2c(c1NC(=O)c1ccc(Cl)cc1)CS(=O)(=O)C2. The molecule has 0 radical (unpaired) electrons. The summed E-state index contributed by atoms with van der Waals surface area (Å²) in [6.45, 7) is 5.84. The van der Waals surface area contributed by atoms with Crippen molar-refractivity contribution in [1.82, 2.24) is 9.78 Å². The summed E-state index contributed by atoms with van der Waals surface area (Å²) in [4.78, 5) is 12.5. The van der Waals surface area contributed by atoms with Gasteiger partial charge in [0, 0.05) is 16.1 Å². The van der Waals surface area contributed by atoms with Gasteiger partial charge in [0.2, 0.25) is 0 Å². The molecule has 0 bridgehead atoms. The summed E-state index contributed by atoms with van der Waals surface area (Å²) >= 11 is 5.84. The van der Waals surface area contributed by atoms with Gasteiger partial charge in [-0.3, -0.25) is 4.79 Å². The van der Waals surface area contributed by atoms with E-state index in [4.69, 9.17) is 11.6 Å². The molecule has 0 unspecified atom stereocenters. The molecular weight excluding hydrogens is 350 g/mol. The Hall–Kier alpha value is -1.86. The highest BCUT2D eigenvalue weighted by Crippen LogP contribution is 2.34. The lowest BCUT2D eigenvalue weighted by Crippen LogP contribution is -2.27. The molecule has 0 saturated carbocycles. The molecule has 0 spiro atoms. The summed E-state index contributed by atoms with van der Waals surface area (Å²) in [6.07, 6.45) is 0. The van der Waals surface area contributed by atoms with E-state index in [0.717, 1.165) is 0 Å². The smallest absolute Gasteiger partial charge is 0.256 e. The van der Waals surface area contributed by atoms with Gasteiger partial charge in [-0.15, -0.1) is 0 Å². The van der Waals surface area contributed by atoms with E-state index in [2.05, 4.69) is 10.4 Å². The van der Waals surface area contributed by atoms with Gasteiger partial charge < -0.3 is 5.32 Å². The average molecular weight is 368 g/mol. The molecule has 0 saturated heterocycles. The molecule has 6 nitrogen and oxygen atoms in total. The zero-order chi connectivity index (χ0) is 17.7. The number of hydrogen-bond acceptors (Lipinski definition) is 4. The van der Waals surface area contributed by atoms with Crippen molar-refractivity contribution in [1.29, 1.82) is 0 Å². The number of benzene rings is 1. The third-order valence-electron chi connectivity index (χ3n) is 3.76. The van der Waals surface area contributed by atoms with E-state index in [0.29, 0.717) is 27.7 Å². The molecule has 1 N–H and O–H groups in total. The molecule has 24 heavy (non-hydrogen) atoms. The zero-order valence-electron chi connectivity index (χ0n) is 13.6. The second kappa shape index (κ2) is 5.60. The third kappa shape index (κ3) is 3.18. The first-order valence-electron chi connectivity index (χ1n) is 7.45. The van der Waals surface area contributed by atoms with Crippen LogP contribution in [0.1, 0.15) is 42.4 Å². The van der Waals surface area contributed by atoms with E-state index in [1.54, 1.807) is 28.9 Å². The van der Waals surface area contributed by atoms with Crippen LogP contribution < -0.4 is 5.32 Å². The summed E-state index contributed by atoms with van der Waals surface area (Å²) in [6, 6.07) is 6.50. The van der Waals surface area contributed by atoms with Gasteiger partial charge in [0.05, 0.1) is 22.7 Å². The Kier molecular flexibility index (Phi) is 3.96. The summed E-state index contributed by atoms with van der Waals surface area (Å²) in [5.74, 6) is -0.0770. The Morgan fingerprint density at radius 3 is 2.42 bits per heavy atom. The van der Waals surface area contributed by atoms with Crippen LogP contribution in [0, 0.1) is 0 Å². The van der Waals surface area contributed by atoms with Crippen LogP contribution in [0.5, 0.6) is 0 Å². The molecule has 1 amide bonds. The molecular formula is C16H18ClN3O3S. The largest absolute Gasteiger partial charge is 0.306 e. The van der Waals surface area contributed by atoms with Crippen molar-refractivity contribution in [2.24, 2.45) is 0 Å². The number of fused-ring (bicyclic) bond motifs is 1. The molecule has 2 aromatic rings. The van der Waals surface area contributed by atoms with Crippen molar-refractivity contribution >= 4 is 33.2 Å². The topological polar surface area (TPSA) is 81.1 Å². The first-order chi connectivity index (χ1) is 11.1. The maximum absolute atomic E-state index is 12.5. The highest BCUT2D eigenvalue weighted by Gasteiger charge is 2.35. The van der Waals surface area contributed by atoms with E-state index in [-0.39, 0.29) is 17.4 Å². The van der Waals surface area contributed by atoms with Gasteiger partial charge in [-0.2, -0.15) is 5.10 Å². The zero-order valence-corrected chi connectivity index (χ0v) is 15.2. The minimum Gasteiger partial charge on any atom is -0.306 e.